The lowest BCUT2D eigenvalue weighted by molar-refractivity contribution is -0.287. The van der Waals surface area contributed by atoms with E-state index < -0.39 is 40.4 Å². The average Bonchev–Trinajstić information content (AvgIpc) is 3.48. The summed E-state index contributed by atoms with van der Waals surface area (Å²) in [5.74, 6) is -0.826. The minimum Gasteiger partial charge on any atom is -0.395 e. The summed E-state index contributed by atoms with van der Waals surface area (Å²) in [6, 6.07) is 10.9. The molecule has 1 aliphatic heterocycles. The van der Waals surface area contributed by atoms with Crippen LogP contribution in [0.5, 0.6) is 11.5 Å². The highest BCUT2D eigenvalue weighted by Gasteiger charge is 2.50. The fourth-order valence-corrected chi connectivity index (χ4v) is 5.65. The van der Waals surface area contributed by atoms with Gasteiger partial charge < -0.3 is 24.5 Å². The van der Waals surface area contributed by atoms with Crippen LogP contribution in [0.1, 0.15) is 53.2 Å². The number of carbonyl (C=O) groups excluding carboxylic acids is 1. The van der Waals surface area contributed by atoms with Crippen molar-refractivity contribution in [1.82, 2.24) is 19.9 Å². The van der Waals surface area contributed by atoms with Gasteiger partial charge in [-0.05, 0) is 49.2 Å². The van der Waals surface area contributed by atoms with Gasteiger partial charge in [-0.2, -0.15) is 0 Å². The van der Waals surface area contributed by atoms with Crippen molar-refractivity contribution in [3.8, 4) is 11.5 Å². The van der Waals surface area contributed by atoms with Crippen LogP contribution in [0.3, 0.4) is 0 Å². The molecule has 2 N–H and O–H groups in total. The van der Waals surface area contributed by atoms with Gasteiger partial charge in [-0.1, -0.05) is 19.1 Å². The number of sulfone groups is 1. The molecule has 1 fully saturated rings. The van der Waals surface area contributed by atoms with E-state index in [1.54, 1.807) is 16.7 Å². The van der Waals surface area contributed by atoms with Crippen LogP contribution in [-0.4, -0.2) is 52.6 Å². The van der Waals surface area contributed by atoms with Crippen molar-refractivity contribution < 1.29 is 41.0 Å². The molecule has 1 aliphatic carbocycles. The van der Waals surface area contributed by atoms with Gasteiger partial charge in [0.2, 0.25) is 0 Å². The summed E-state index contributed by atoms with van der Waals surface area (Å²) >= 11 is 0. The molecule has 0 saturated heterocycles. The van der Waals surface area contributed by atoms with Crippen molar-refractivity contribution in [3.63, 3.8) is 0 Å². The van der Waals surface area contributed by atoms with Crippen molar-refractivity contribution in [2.45, 2.75) is 49.2 Å². The number of amides is 1. The molecule has 14 heteroatoms. The summed E-state index contributed by atoms with van der Waals surface area (Å²) in [4.78, 5) is 21.7. The van der Waals surface area contributed by atoms with Crippen LogP contribution in [0, 0.1) is 0 Å². The quantitative estimate of drug-likeness (QED) is 0.294. The van der Waals surface area contributed by atoms with Crippen LogP contribution in [0.4, 0.5) is 13.2 Å². The lowest BCUT2D eigenvalue weighted by Crippen LogP contribution is -2.31. The number of imidazole rings is 1. The van der Waals surface area contributed by atoms with Crippen LogP contribution in [-0.2, 0) is 22.1 Å². The molecule has 10 nitrogen and oxygen atoms in total. The molecular weight excluding hydrogens is 577 g/mol. The number of aliphatic hydroxyl groups is 1. The van der Waals surface area contributed by atoms with Gasteiger partial charge in [0.1, 0.15) is 5.82 Å². The smallest absolute Gasteiger partial charge is 0.395 e. The van der Waals surface area contributed by atoms with Crippen LogP contribution < -0.4 is 14.8 Å². The molecule has 0 radical (unpaired) electrons. The number of nitrogens with one attached hydrogen (secondary N) is 1. The molecule has 1 amide bonds. The zero-order valence-corrected chi connectivity index (χ0v) is 23.0. The van der Waals surface area contributed by atoms with Crippen LogP contribution in [0.15, 0.2) is 59.6 Å². The number of rotatable bonds is 9. The number of ether oxygens (including phenoxy) is 2. The second-order valence-electron chi connectivity index (χ2n) is 10.1. The van der Waals surface area contributed by atoms with E-state index in [2.05, 4.69) is 20.0 Å². The first kappa shape index (κ1) is 28.0. The molecule has 0 spiro atoms. The number of nitrogens with zero attached hydrogens (tertiary/aromatic N) is 3. The van der Waals surface area contributed by atoms with E-state index in [9.17, 15) is 27.1 Å². The maximum atomic E-state index is 15.4. The molecule has 2 aliphatic rings. The summed E-state index contributed by atoms with van der Waals surface area (Å²) in [5.41, 5.74) is -0.137. The van der Waals surface area contributed by atoms with Crippen molar-refractivity contribution in [3.05, 3.63) is 77.4 Å². The monoisotopic (exact) mass is 602 g/mol. The van der Waals surface area contributed by atoms with Gasteiger partial charge in [0.25, 0.3) is 5.91 Å². The van der Waals surface area contributed by atoms with Gasteiger partial charge in [-0.15, -0.1) is 8.78 Å². The molecule has 3 heterocycles. The molecule has 220 valence electrons. The van der Waals surface area contributed by atoms with E-state index in [0.29, 0.717) is 16.6 Å². The normalized spacial score (nSPS) is 17.3. The zero-order chi connectivity index (χ0) is 29.9. The van der Waals surface area contributed by atoms with Crippen LogP contribution >= 0.6 is 0 Å². The number of carbonyl (C=O) groups is 1. The van der Waals surface area contributed by atoms with Gasteiger partial charge in [0.05, 0.1) is 46.6 Å². The van der Waals surface area contributed by atoms with Gasteiger partial charge in [0, 0.05) is 17.3 Å². The molecule has 1 atom stereocenters. The Labute approximate surface area is 238 Å². The average molecular weight is 603 g/mol. The molecule has 0 bridgehead atoms. The van der Waals surface area contributed by atoms with E-state index >= 15 is 4.39 Å². The van der Waals surface area contributed by atoms with Crippen molar-refractivity contribution in [2.24, 2.45) is 0 Å². The summed E-state index contributed by atoms with van der Waals surface area (Å²) in [5, 5.41) is 12.6. The molecule has 42 heavy (non-hydrogen) atoms. The first-order valence-electron chi connectivity index (χ1n) is 13.1. The third-order valence-corrected chi connectivity index (χ3v) is 9.00. The van der Waals surface area contributed by atoms with Gasteiger partial charge in [-0.25, -0.2) is 17.8 Å². The number of para-hydroxylation sites is 1. The Morgan fingerprint density at radius 1 is 1.14 bits per heavy atom. The minimum atomic E-state index is -3.81. The van der Waals surface area contributed by atoms with Crippen molar-refractivity contribution in [2.75, 3.05) is 12.4 Å². The second kappa shape index (κ2) is 9.98. The summed E-state index contributed by atoms with van der Waals surface area (Å²) in [6.07, 6.45) is -2.14. The molecular formula is C28H25F3N4O6S. The lowest BCUT2D eigenvalue weighted by atomic mass is 10.1. The van der Waals surface area contributed by atoms with E-state index in [0.717, 1.165) is 0 Å². The third-order valence-electron chi connectivity index (χ3n) is 7.28. The Kier molecular flexibility index (Phi) is 6.65. The Hall–Kier alpha value is -4.17. The Balaban J connectivity index is 1.29. The minimum absolute atomic E-state index is 0.0307. The molecule has 4 aromatic rings. The number of pyridine rings is 1. The van der Waals surface area contributed by atoms with E-state index in [1.807, 2.05) is 0 Å². The SMILES string of the molecule is CCS(=O)(=O)c1ccc([C@@H](CO)NC(=O)c2ccc3c(c2)nc(C2(F)CC2)n3Cc2cccc3c2OC(F)(F)O3)nc1. The van der Waals surface area contributed by atoms with Gasteiger partial charge >= 0.3 is 6.29 Å². The summed E-state index contributed by atoms with van der Waals surface area (Å²) in [7, 11) is -3.46. The maximum Gasteiger partial charge on any atom is 0.586 e. The second-order valence-corrected chi connectivity index (χ2v) is 12.4. The summed E-state index contributed by atoms with van der Waals surface area (Å²) in [6.45, 7) is 0.975. The van der Waals surface area contributed by atoms with Crippen LogP contribution in [0.2, 0.25) is 0 Å². The zero-order valence-electron chi connectivity index (χ0n) is 22.2. The number of alkyl halides is 3. The number of aliphatic hydroxyl groups excluding tert-OH is 1. The fraction of sp³-hybridized carbons (Fsp3) is 0.321. The number of hydrogen-bond acceptors (Lipinski definition) is 8. The molecule has 6 rings (SSSR count). The topological polar surface area (TPSA) is 133 Å². The van der Waals surface area contributed by atoms with Gasteiger partial charge in [0.15, 0.2) is 27.0 Å². The predicted molar refractivity (Wildman–Crippen MR) is 143 cm³/mol. The number of aromatic nitrogens is 3. The molecule has 2 aromatic heterocycles. The maximum absolute atomic E-state index is 15.4. The Bertz CT molecular complexity index is 1810. The largest absolute Gasteiger partial charge is 0.586 e. The Morgan fingerprint density at radius 2 is 1.93 bits per heavy atom. The van der Waals surface area contributed by atoms with E-state index in [1.165, 1.54) is 49.5 Å². The highest BCUT2D eigenvalue weighted by Crippen LogP contribution is 2.50. The lowest BCUT2D eigenvalue weighted by Gasteiger charge is -2.16. The number of hydrogen-bond donors (Lipinski definition) is 2. The van der Waals surface area contributed by atoms with Crippen molar-refractivity contribution >= 4 is 26.8 Å². The highest BCUT2D eigenvalue weighted by molar-refractivity contribution is 7.91. The highest BCUT2D eigenvalue weighted by atomic mass is 32.2. The van der Waals surface area contributed by atoms with Crippen molar-refractivity contribution in [1.29, 1.82) is 0 Å². The van der Waals surface area contributed by atoms with Crippen LogP contribution in [0.25, 0.3) is 11.0 Å². The number of fused-ring (bicyclic) bond motifs is 2. The molecule has 1 saturated carbocycles. The standard InChI is InChI=1S/C28H25F3N4O6S/c1-2-42(38,39)18-7-8-19(32-13-18)21(15-36)33-25(37)16-6-9-22-20(12-16)34-26(27(29)10-11-27)35(22)14-17-4-3-5-23-24(17)41-28(30,31)40-23/h3-9,12-13,21,36H,2,10-11,14-15H2,1H3,(H,33,37)/t21-/m1/s1. The first-order valence-corrected chi connectivity index (χ1v) is 14.8. The summed E-state index contributed by atoms with van der Waals surface area (Å²) < 4.78 is 77.8. The van der Waals surface area contributed by atoms with E-state index in [-0.39, 0.29) is 58.6 Å². The van der Waals surface area contributed by atoms with Gasteiger partial charge in [-0.3, -0.25) is 9.78 Å². The fourth-order valence-electron chi connectivity index (χ4n) is 4.83. The third kappa shape index (κ3) is 5.04. The molecule has 0 unspecified atom stereocenters. The molecule has 2 aromatic carbocycles. The Morgan fingerprint density at radius 3 is 2.60 bits per heavy atom. The number of benzene rings is 2. The first-order chi connectivity index (χ1) is 19.9. The number of halogens is 3. The van der Waals surface area contributed by atoms with E-state index in [4.69, 9.17) is 4.74 Å². The predicted octanol–water partition coefficient (Wildman–Crippen LogP) is 4.02.